The quantitative estimate of drug-likeness (QED) is 0.716. The topological polar surface area (TPSA) is 12.0 Å². The molecule has 1 N–H and O–H groups in total. The third kappa shape index (κ3) is 1.47. The molecule has 64 valence electrons. The minimum Gasteiger partial charge on any atom is -0.301 e. The molecule has 1 saturated heterocycles. The maximum absolute atomic E-state index is 13.2. The van der Waals surface area contributed by atoms with Gasteiger partial charge in [0, 0.05) is 17.9 Å². The van der Waals surface area contributed by atoms with Gasteiger partial charge in [-0.15, -0.1) is 11.8 Å². The Labute approximate surface area is 75.4 Å². The Balaban J connectivity index is 2.26. The molecule has 2 rings (SSSR count). The molecule has 0 bridgehead atoms. The number of hydrogen-bond acceptors (Lipinski definition) is 2. The smallest absolute Gasteiger partial charge is 0.128 e. The van der Waals surface area contributed by atoms with Gasteiger partial charge < -0.3 is 5.32 Å². The molecule has 1 aliphatic heterocycles. The highest BCUT2D eigenvalue weighted by Crippen LogP contribution is 2.30. The molecule has 1 aromatic carbocycles. The van der Waals surface area contributed by atoms with Crippen LogP contribution in [-0.2, 0) is 0 Å². The highest BCUT2D eigenvalue weighted by Gasteiger charge is 2.18. The maximum atomic E-state index is 13.2. The van der Waals surface area contributed by atoms with E-state index >= 15 is 0 Å². The lowest BCUT2D eigenvalue weighted by molar-refractivity contribution is 0.595. The third-order valence-electron chi connectivity index (χ3n) is 1.90. The number of benzene rings is 1. The van der Waals surface area contributed by atoms with Gasteiger partial charge in [-0.1, -0.05) is 18.2 Å². The number of rotatable bonds is 1. The van der Waals surface area contributed by atoms with Crippen molar-refractivity contribution in [2.75, 3.05) is 12.3 Å². The molecule has 0 aliphatic carbocycles. The Kier molecular flexibility index (Phi) is 2.33. The van der Waals surface area contributed by atoms with E-state index in [2.05, 4.69) is 5.32 Å². The van der Waals surface area contributed by atoms with Gasteiger partial charge in [0.2, 0.25) is 0 Å². The van der Waals surface area contributed by atoms with Crippen molar-refractivity contribution in [3.05, 3.63) is 35.6 Å². The fraction of sp³-hybridized carbons (Fsp3) is 0.333. The summed E-state index contributed by atoms with van der Waals surface area (Å²) in [6.45, 7) is 0.976. The second-order valence-corrected chi connectivity index (χ2v) is 3.94. The molecule has 0 unspecified atom stereocenters. The van der Waals surface area contributed by atoms with Gasteiger partial charge in [0.15, 0.2) is 0 Å². The molecule has 0 amide bonds. The predicted molar refractivity (Wildman–Crippen MR) is 49.6 cm³/mol. The van der Waals surface area contributed by atoms with Crippen LogP contribution in [0, 0.1) is 5.82 Å². The predicted octanol–water partition coefficient (Wildman–Crippen LogP) is 2.16. The summed E-state index contributed by atoms with van der Waals surface area (Å²) in [7, 11) is 0. The highest BCUT2D eigenvalue weighted by atomic mass is 32.2. The summed E-state index contributed by atoms with van der Waals surface area (Å²) in [6.07, 6.45) is 0. The van der Waals surface area contributed by atoms with Crippen molar-refractivity contribution in [1.29, 1.82) is 0 Å². The average Bonchev–Trinajstić information content (AvgIpc) is 2.57. The molecule has 1 aliphatic rings. The van der Waals surface area contributed by atoms with Gasteiger partial charge in [-0.25, -0.2) is 4.39 Å². The minimum atomic E-state index is -0.107. The minimum absolute atomic E-state index is 0.107. The molecule has 1 fully saturated rings. The van der Waals surface area contributed by atoms with E-state index in [0.29, 0.717) is 0 Å². The molecule has 1 atom stereocenters. The van der Waals surface area contributed by atoms with Gasteiger partial charge >= 0.3 is 0 Å². The zero-order valence-corrected chi connectivity index (χ0v) is 7.40. The van der Waals surface area contributed by atoms with Crippen molar-refractivity contribution in [2.24, 2.45) is 0 Å². The van der Waals surface area contributed by atoms with E-state index < -0.39 is 0 Å². The molecule has 1 nitrogen and oxygen atoms in total. The lowest BCUT2D eigenvalue weighted by Crippen LogP contribution is -2.13. The van der Waals surface area contributed by atoms with Gasteiger partial charge in [-0.3, -0.25) is 0 Å². The van der Waals surface area contributed by atoms with Gasteiger partial charge in [-0.2, -0.15) is 0 Å². The number of hydrogen-bond donors (Lipinski definition) is 1. The molecule has 1 aromatic rings. The summed E-state index contributed by atoms with van der Waals surface area (Å²) >= 11 is 1.76. The van der Waals surface area contributed by atoms with Gasteiger partial charge in [-0.05, 0) is 6.07 Å². The number of halogens is 1. The Morgan fingerprint density at radius 2 is 2.25 bits per heavy atom. The zero-order valence-electron chi connectivity index (χ0n) is 6.59. The first-order valence-electron chi connectivity index (χ1n) is 3.97. The van der Waals surface area contributed by atoms with E-state index in [-0.39, 0.29) is 11.2 Å². The lowest BCUT2D eigenvalue weighted by atomic mass is 10.2. The van der Waals surface area contributed by atoms with Crippen LogP contribution in [0.4, 0.5) is 4.39 Å². The summed E-state index contributed by atoms with van der Waals surface area (Å²) in [5, 5.41) is 3.40. The van der Waals surface area contributed by atoms with E-state index in [9.17, 15) is 4.39 Å². The first-order valence-corrected chi connectivity index (χ1v) is 5.02. The van der Waals surface area contributed by atoms with E-state index in [1.54, 1.807) is 17.8 Å². The van der Waals surface area contributed by atoms with E-state index in [0.717, 1.165) is 17.9 Å². The highest BCUT2D eigenvalue weighted by molar-refractivity contribution is 7.99. The van der Waals surface area contributed by atoms with Crippen molar-refractivity contribution in [3.8, 4) is 0 Å². The zero-order chi connectivity index (χ0) is 8.39. The second kappa shape index (κ2) is 3.46. The van der Waals surface area contributed by atoms with E-state index in [1.165, 1.54) is 6.07 Å². The third-order valence-corrected chi connectivity index (χ3v) is 3.10. The summed E-state index contributed by atoms with van der Waals surface area (Å²) in [6, 6.07) is 6.94. The summed E-state index contributed by atoms with van der Waals surface area (Å²) in [4.78, 5) is 0. The van der Waals surface area contributed by atoms with Crippen molar-refractivity contribution in [1.82, 2.24) is 5.32 Å². The van der Waals surface area contributed by atoms with Crippen molar-refractivity contribution in [2.45, 2.75) is 5.37 Å². The Bertz CT molecular complexity index is 271. The first kappa shape index (κ1) is 8.08. The SMILES string of the molecule is Fc1ccccc1[C@@H]1NCCS1. The standard InChI is InChI=1S/C9H10FNS/c10-8-4-2-1-3-7(8)9-11-5-6-12-9/h1-4,9,11H,5-6H2/t9-/m1/s1. The van der Waals surface area contributed by atoms with Crippen LogP contribution in [0.3, 0.4) is 0 Å². The number of nitrogens with one attached hydrogen (secondary N) is 1. The molecule has 0 spiro atoms. The summed E-state index contributed by atoms with van der Waals surface area (Å²) < 4.78 is 13.2. The van der Waals surface area contributed by atoms with Crippen molar-refractivity contribution >= 4 is 11.8 Å². The molecule has 0 radical (unpaired) electrons. The van der Waals surface area contributed by atoms with Crippen LogP contribution in [0.5, 0.6) is 0 Å². The molecule has 0 saturated carbocycles. The Morgan fingerprint density at radius 1 is 1.42 bits per heavy atom. The van der Waals surface area contributed by atoms with Gasteiger partial charge in [0.05, 0.1) is 5.37 Å². The molecule has 3 heteroatoms. The largest absolute Gasteiger partial charge is 0.301 e. The van der Waals surface area contributed by atoms with Crippen LogP contribution in [0.1, 0.15) is 10.9 Å². The molecular weight excluding hydrogens is 173 g/mol. The van der Waals surface area contributed by atoms with Gasteiger partial charge in [0.1, 0.15) is 5.82 Å². The van der Waals surface area contributed by atoms with Crippen LogP contribution in [-0.4, -0.2) is 12.3 Å². The Morgan fingerprint density at radius 3 is 2.92 bits per heavy atom. The van der Waals surface area contributed by atoms with Crippen LogP contribution in [0.2, 0.25) is 0 Å². The fourth-order valence-electron chi connectivity index (χ4n) is 1.31. The summed E-state index contributed by atoms with van der Waals surface area (Å²) in [5.41, 5.74) is 0.778. The molecule has 12 heavy (non-hydrogen) atoms. The molecule has 1 heterocycles. The van der Waals surface area contributed by atoms with Crippen LogP contribution >= 0.6 is 11.8 Å². The molecule has 0 aromatic heterocycles. The fourth-order valence-corrected chi connectivity index (χ4v) is 2.39. The normalized spacial score (nSPS) is 22.9. The van der Waals surface area contributed by atoms with Crippen LogP contribution < -0.4 is 5.32 Å². The first-order chi connectivity index (χ1) is 5.88. The van der Waals surface area contributed by atoms with Crippen molar-refractivity contribution < 1.29 is 4.39 Å². The van der Waals surface area contributed by atoms with Crippen LogP contribution in [0.15, 0.2) is 24.3 Å². The average molecular weight is 183 g/mol. The van der Waals surface area contributed by atoms with E-state index in [1.807, 2.05) is 12.1 Å². The molecular formula is C9H10FNS. The lowest BCUT2D eigenvalue weighted by Gasteiger charge is -2.09. The second-order valence-electron chi connectivity index (χ2n) is 2.73. The van der Waals surface area contributed by atoms with Crippen LogP contribution in [0.25, 0.3) is 0 Å². The number of thioether (sulfide) groups is 1. The summed E-state index contributed by atoms with van der Waals surface area (Å²) in [5.74, 6) is 0.961. The Hall–Kier alpha value is -0.540. The monoisotopic (exact) mass is 183 g/mol. The van der Waals surface area contributed by atoms with Gasteiger partial charge in [0.25, 0.3) is 0 Å². The van der Waals surface area contributed by atoms with Crippen molar-refractivity contribution in [3.63, 3.8) is 0 Å². The van der Waals surface area contributed by atoms with E-state index in [4.69, 9.17) is 0 Å². The maximum Gasteiger partial charge on any atom is 0.128 e.